The standard InChI is InChI=1S/C11H19N3O/c1-6-15-11(4,5)10-13-8(3)7(2)9(12)14-10/h6H2,1-5H3,(H2,12,13,14). The topological polar surface area (TPSA) is 61.0 Å². The van der Waals surface area contributed by atoms with E-state index in [4.69, 9.17) is 10.5 Å². The number of nitrogen functional groups attached to an aromatic ring is 1. The van der Waals surface area contributed by atoms with Gasteiger partial charge in [0.2, 0.25) is 0 Å². The van der Waals surface area contributed by atoms with Gasteiger partial charge in [0.1, 0.15) is 11.4 Å². The van der Waals surface area contributed by atoms with Crippen molar-refractivity contribution in [2.45, 2.75) is 40.2 Å². The normalized spacial score (nSPS) is 11.8. The highest BCUT2D eigenvalue weighted by atomic mass is 16.5. The zero-order valence-electron chi connectivity index (χ0n) is 10.1. The summed E-state index contributed by atoms with van der Waals surface area (Å²) < 4.78 is 5.58. The maximum absolute atomic E-state index is 5.81. The highest BCUT2D eigenvalue weighted by Gasteiger charge is 2.25. The number of hydrogen-bond acceptors (Lipinski definition) is 4. The maximum atomic E-state index is 5.81. The molecule has 4 nitrogen and oxygen atoms in total. The fraction of sp³-hybridized carbons (Fsp3) is 0.636. The number of anilines is 1. The molecule has 0 aliphatic rings. The van der Waals surface area contributed by atoms with Crippen molar-refractivity contribution in [3.8, 4) is 0 Å². The van der Waals surface area contributed by atoms with Crippen molar-refractivity contribution in [1.29, 1.82) is 0 Å². The molecular formula is C11H19N3O. The van der Waals surface area contributed by atoms with E-state index in [9.17, 15) is 0 Å². The molecule has 0 saturated heterocycles. The number of nitrogens with two attached hydrogens (primary N) is 1. The van der Waals surface area contributed by atoms with Crippen LogP contribution in [0.4, 0.5) is 5.82 Å². The van der Waals surface area contributed by atoms with Crippen LogP contribution in [-0.4, -0.2) is 16.6 Å². The molecule has 1 aromatic rings. The van der Waals surface area contributed by atoms with Gasteiger partial charge in [0, 0.05) is 17.9 Å². The van der Waals surface area contributed by atoms with Gasteiger partial charge in [-0.3, -0.25) is 0 Å². The average molecular weight is 209 g/mol. The summed E-state index contributed by atoms with van der Waals surface area (Å²) in [5.74, 6) is 1.18. The van der Waals surface area contributed by atoms with Gasteiger partial charge in [-0.1, -0.05) is 0 Å². The van der Waals surface area contributed by atoms with Gasteiger partial charge in [-0.05, 0) is 34.6 Å². The fourth-order valence-electron chi connectivity index (χ4n) is 1.35. The first-order valence-electron chi connectivity index (χ1n) is 5.13. The second-order valence-electron chi connectivity index (χ2n) is 4.09. The van der Waals surface area contributed by atoms with Crippen LogP contribution in [0.1, 0.15) is 37.9 Å². The van der Waals surface area contributed by atoms with Crippen LogP contribution in [0.25, 0.3) is 0 Å². The summed E-state index contributed by atoms with van der Waals surface area (Å²) in [6.07, 6.45) is 0. The Morgan fingerprint density at radius 3 is 2.33 bits per heavy atom. The molecule has 0 spiro atoms. The summed E-state index contributed by atoms with van der Waals surface area (Å²) in [5, 5.41) is 0. The van der Waals surface area contributed by atoms with Gasteiger partial charge in [-0.15, -0.1) is 0 Å². The van der Waals surface area contributed by atoms with E-state index in [1.54, 1.807) is 0 Å². The third kappa shape index (κ3) is 2.45. The highest BCUT2D eigenvalue weighted by Crippen LogP contribution is 2.23. The van der Waals surface area contributed by atoms with Crippen molar-refractivity contribution in [2.75, 3.05) is 12.3 Å². The second kappa shape index (κ2) is 4.14. The SMILES string of the molecule is CCOC(C)(C)c1nc(C)c(C)c(N)n1. The molecule has 84 valence electrons. The molecular weight excluding hydrogens is 190 g/mol. The summed E-state index contributed by atoms with van der Waals surface area (Å²) in [6, 6.07) is 0. The van der Waals surface area contributed by atoms with Crippen LogP contribution in [-0.2, 0) is 10.3 Å². The van der Waals surface area contributed by atoms with E-state index in [0.29, 0.717) is 18.2 Å². The van der Waals surface area contributed by atoms with Gasteiger partial charge in [0.25, 0.3) is 0 Å². The van der Waals surface area contributed by atoms with Crippen LogP contribution < -0.4 is 5.73 Å². The summed E-state index contributed by atoms with van der Waals surface area (Å²) in [4.78, 5) is 8.67. The van der Waals surface area contributed by atoms with Gasteiger partial charge in [-0.25, -0.2) is 9.97 Å². The van der Waals surface area contributed by atoms with Crippen LogP contribution in [0, 0.1) is 13.8 Å². The van der Waals surface area contributed by atoms with Crippen LogP contribution in [0.5, 0.6) is 0 Å². The minimum absolute atomic E-state index is 0.485. The number of rotatable bonds is 3. The number of nitrogens with zero attached hydrogens (tertiary/aromatic N) is 2. The van der Waals surface area contributed by atoms with E-state index < -0.39 is 5.60 Å². The molecule has 4 heteroatoms. The molecule has 1 heterocycles. The van der Waals surface area contributed by atoms with Gasteiger partial charge < -0.3 is 10.5 Å². The van der Waals surface area contributed by atoms with Crippen LogP contribution >= 0.6 is 0 Å². The smallest absolute Gasteiger partial charge is 0.162 e. The largest absolute Gasteiger partial charge is 0.383 e. The molecule has 1 aromatic heterocycles. The predicted octanol–water partition coefficient (Wildman–Crippen LogP) is 1.95. The first-order valence-corrected chi connectivity index (χ1v) is 5.13. The molecule has 0 saturated carbocycles. The summed E-state index contributed by atoms with van der Waals surface area (Å²) in [5.41, 5.74) is 7.17. The molecule has 0 fully saturated rings. The second-order valence-corrected chi connectivity index (χ2v) is 4.09. The zero-order valence-corrected chi connectivity index (χ0v) is 10.1. The van der Waals surface area contributed by atoms with Crippen LogP contribution in [0.2, 0.25) is 0 Å². The van der Waals surface area contributed by atoms with Crippen LogP contribution in [0.15, 0.2) is 0 Å². The summed E-state index contributed by atoms with van der Waals surface area (Å²) in [7, 11) is 0. The van der Waals surface area contributed by atoms with Gasteiger partial charge >= 0.3 is 0 Å². The van der Waals surface area contributed by atoms with Crippen molar-refractivity contribution in [1.82, 2.24) is 9.97 Å². The predicted molar refractivity (Wildman–Crippen MR) is 60.6 cm³/mol. The van der Waals surface area contributed by atoms with E-state index >= 15 is 0 Å². The number of aromatic nitrogens is 2. The molecule has 0 radical (unpaired) electrons. The number of aryl methyl sites for hydroxylation is 1. The van der Waals surface area contributed by atoms with E-state index in [2.05, 4.69) is 9.97 Å². The van der Waals surface area contributed by atoms with E-state index in [1.807, 2.05) is 34.6 Å². The Labute approximate surface area is 90.9 Å². The zero-order chi connectivity index (χ0) is 11.6. The monoisotopic (exact) mass is 209 g/mol. The first-order chi connectivity index (χ1) is 6.88. The lowest BCUT2D eigenvalue weighted by Crippen LogP contribution is -2.26. The van der Waals surface area contributed by atoms with Crippen molar-refractivity contribution in [3.63, 3.8) is 0 Å². The highest BCUT2D eigenvalue weighted by molar-refractivity contribution is 5.41. The first kappa shape index (κ1) is 11.9. The molecule has 0 bridgehead atoms. The third-order valence-electron chi connectivity index (χ3n) is 2.47. The van der Waals surface area contributed by atoms with E-state index in [-0.39, 0.29) is 0 Å². The molecule has 0 atom stereocenters. The summed E-state index contributed by atoms with van der Waals surface area (Å²) in [6.45, 7) is 10.3. The average Bonchev–Trinajstić information content (AvgIpc) is 2.13. The number of ether oxygens (including phenoxy) is 1. The van der Waals surface area contributed by atoms with Crippen molar-refractivity contribution in [2.24, 2.45) is 0 Å². The third-order valence-corrected chi connectivity index (χ3v) is 2.47. The fourth-order valence-corrected chi connectivity index (χ4v) is 1.35. The Morgan fingerprint density at radius 1 is 1.27 bits per heavy atom. The van der Waals surface area contributed by atoms with E-state index in [1.165, 1.54) is 0 Å². The molecule has 0 aliphatic carbocycles. The van der Waals surface area contributed by atoms with E-state index in [0.717, 1.165) is 11.3 Å². The molecule has 1 rings (SSSR count). The van der Waals surface area contributed by atoms with Crippen molar-refractivity contribution in [3.05, 3.63) is 17.1 Å². The molecule has 15 heavy (non-hydrogen) atoms. The van der Waals surface area contributed by atoms with Crippen molar-refractivity contribution >= 4 is 5.82 Å². The molecule has 0 aliphatic heterocycles. The number of hydrogen-bond donors (Lipinski definition) is 1. The van der Waals surface area contributed by atoms with Gasteiger partial charge in [-0.2, -0.15) is 0 Å². The Hall–Kier alpha value is -1.16. The molecule has 0 unspecified atom stereocenters. The summed E-state index contributed by atoms with van der Waals surface area (Å²) >= 11 is 0. The van der Waals surface area contributed by atoms with Gasteiger partial charge in [0.05, 0.1) is 0 Å². The van der Waals surface area contributed by atoms with Gasteiger partial charge in [0.15, 0.2) is 5.82 Å². The Morgan fingerprint density at radius 2 is 1.87 bits per heavy atom. The minimum Gasteiger partial charge on any atom is -0.383 e. The molecule has 0 amide bonds. The van der Waals surface area contributed by atoms with Crippen molar-refractivity contribution < 1.29 is 4.74 Å². The maximum Gasteiger partial charge on any atom is 0.162 e. The minimum atomic E-state index is -0.485. The quantitative estimate of drug-likeness (QED) is 0.826. The lowest BCUT2D eigenvalue weighted by atomic mass is 10.1. The molecule has 0 aromatic carbocycles. The lowest BCUT2D eigenvalue weighted by Gasteiger charge is -2.23. The van der Waals surface area contributed by atoms with Crippen LogP contribution in [0.3, 0.4) is 0 Å². The molecule has 2 N–H and O–H groups in total. The lowest BCUT2D eigenvalue weighted by molar-refractivity contribution is -0.0208. The Kier molecular flexibility index (Phi) is 3.29. The Bertz CT molecular complexity index is 338. The Balaban J connectivity index is 3.16.